The van der Waals surface area contributed by atoms with Crippen LogP contribution in [0.15, 0.2) is 30.3 Å². The summed E-state index contributed by atoms with van der Waals surface area (Å²) in [6.45, 7) is 0. The molecule has 1 aromatic rings. The molecule has 0 aromatic heterocycles. The average Bonchev–Trinajstić information content (AvgIpc) is 2.31. The van der Waals surface area contributed by atoms with Crippen molar-refractivity contribution in [1.82, 2.24) is 5.32 Å². The summed E-state index contributed by atoms with van der Waals surface area (Å²) in [4.78, 5) is 0. The summed E-state index contributed by atoms with van der Waals surface area (Å²) >= 11 is 0. The van der Waals surface area contributed by atoms with E-state index in [4.69, 9.17) is 9.05 Å². The first kappa shape index (κ1) is 12.4. The van der Waals surface area contributed by atoms with E-state index in [0.29, 0.717) is 0 Å². The fraction of sp³-hybridized carbons (Fsp3) is 0.400. The summed E-state index contributed by atoms with van der Waals surface area (Å²) in [5.41, 5.74) is 0.882. The maximum absolute atomic E-state index is 12.2. The standard InChI is InChI=1S/C10H16NO3P/c1-11-10(15(12,13-2)14-3)9-7-5-4-6-8-9/h4-8,10-11H,1-3H3/t10-/m1/s1. The molecule has 1 rings (SSSR count). The minimum atomic E-state index is -3.12. The Morgan fingerprint density at radius 1 is 1.20 bits per heavy atom. The van der Waals surface area contributed by atoms with E-state index in [1.54, 1.807) is 7.05 Å². The number of nitrogens with one attached hydrogen (secondary N) is 1. The van der Waals surface area contributed by atoms with Gasteiger partial charge in [0.05, 0.1) is 0 Å². The van der Waals surface area contributed by atoms with Gasteiger partial charge in [0.15, 0.2) is 0 Å². The summed E-state index contributed by atoms with van der Waals surface area (Å²) in [6, 6.07) is 9.43. The molecule has 0 radical (unpaired) electrons. The van der Waals surface area contributed by atoms with Crippen molar-refractivity contribution in [2.24, 2.45) is 0 Å². The van der Waals surface area contributed by atoms with E-state index in [9.17, 15) is 4.57 Å². The molecule has 15 heavy (non-hydrogen) atoms. The Morgan fingerprint density at radius 2 is 1.73 bits per heavy atom. The van der Waals surface area contributed by atoms with Crippen LogP contribution in [0.4, 0.5) is 0 Å². The highest BCUT2D eigenvalue weighted by Gasteiger charge is 2.33. The first-order chi connectivity index (χ1) is 7.18. The largest absolute Gasteiger partial charge is 0.351 e. The second-order valence-electron chi connectivity index (χ2n) is 3.01. The molecular weight excluding hydrogens is 213 g/mol. The van der Waals surface area contributed by atoms with Crippen molar-refractivity contribution in [3.8, 4) is 0 Å². The van der Waals surface area contributed by atoms with Crippen molar-refractivity contribution in [3.05, 3.63) is 35.9 Å². The zero-order valence-corrected chi connectivity index (χ0v) is 10.0. The molecule has 0 saturated carbocycles. The minimum Gasteiger partial charge on any atom is -0.311 e. The van der Waals surface area contributed by atoms with E-state index < -0.39 is 13.4 Å². The molecule has 1 aromatic carbocycles. The van der Waals surface area contributed by atoms with Crippen LogP contribution in [-0.2, 0) is 13.6 Å². The van der Waals surface area contributed by atoms with Gasteiger partial charge in [-0.05, 0) is 12.6 Å². The van der Waals surface area contributed by atoms with Gasteiger partial charge in [-0.2, -0.15) is 0 Å². The Labute approximate surface area is 90.1 Å². The molecule has 4 nitrogen and oxygen atoms in total. The van der Waals surface area contributed by atoms with E-state index in [1.807, 2.05) is 30.3 Å². The molecule has 0 fully saturated rings. The topological polar surface area (TPSA) is 47.6 Å². The van der Waals surface area contributed by atoms with Gasteiger partial charge in [0, 0.05) is 14.2 Å². The van der Waals surface area contributed by atoms with Gasteiger partial charge in [0.25, 0.3) is 0 Å². The molecular formula is C10H16NO3P. The van der Waals surface area contributed by atoms with Crippen LogP contribution in [0.3, 0.4) is 0 Å². The molecule has 0 aliphatic heterocycles. The highest BCUT2D eigenvalue weighted by atomic mass is 31.2. The van der Waals surface area contributed by atoms with E-state index in [-0.39, 0.29) is 0 Å². The minimum absolute atomic E-state index is 0.436. The molecule has 0 unspecified atom stereocenters. The van der Waals surface area contributed by atoms with Crippen molar-refractivity contribution < 1.29 is 13.6 Å². The molecule has 0 bridgehead atoms. The predicted molar refractivity (Wildman–Crippen MR) is 59.9 cm³/mol. The molecule has 1 N–H and O–H groups in total. The van der Waals surface area contributed by atoms with Crippen LogP contribution in [0.25, 0.3) is 0 Å². The third-order valence-corrected chi connectivity index (χ3v) is 4.42. The molecule has 1 atom stereocenters. The Balaban J connectivity index is 3.04. The van der Waals surface area contributed by atoms with Crippen molar-refractivity contribution >= 4 is 7.60 Å². The first-order valence-corrected chi connectivity index (χ1v) is 6.22. The summed E-state index contributed by atoms with van der Waals surface area (Å²) in [5, 5.41) is 2.95. The van der Waals surface area contributed by atoms with E-state index in [2.05, 4.69) is 5.32 Å². The summed E-state index contributed by atoms with van der Waals surface area (Å²) in [5.74, 6) is -0.436. The molecule has 0 saturated heterocycles. The number of hydrogen-bond donors (Lipinski definition) is 1. The van der Waals surface area contributed by atoms with Gasteiger partial charge in [0.2, 0.25) is 0 Å². The van der Waals surface area contributed by atoms with Crippen LogP contribution in [-0.4, -0.2) is 21.3 Å². The Morgan fingerprint density at radius 3 is 2.13 bits per heavy atom. The lowest BCUT2D eigenvalue weighted by Gasteiger charge is -2.23. The monoisotopic (exact) mass is 229 g/mol. The Hall–Kier alpha value is -0.670. The lowest BCUT2D eigenvalue weighted by molar-refractivity contribution is 0.261. The molecule has 0 aliphatic carbocycles. The number of rotatable bonds is 5. The zero-order chi connectivity index (χ0) is 11.3. The van der Waals surface area contributed by atoms with Crippen LogP contribution in [0.2, 0.25) is 0 Å². The van der Waals surface area contributed by atoms with Crippen LogP contribution in [0.5, 0.6) is 0 Å². The average molecular weight is 229 g/mol. The lowest BCUT2D eigenvalue weighted by Crippen LogP contribution is -2.18. The van der Waals surface area contributed by atoms with Gasteiger partial charge in [-0.15, -0.1) is 0 Å². The third-order valence-electron chi connectivity index (χ3n) is 2.21. The Kier molecular flexibility index (Phi) is 4.48. The van der Waals surface area contributed by atoms with Gasteiger partial charge in [-0.25, -0.2) is 0 Å². The highest BCUT2D eigenvalue weighted by molar-refractivity contribution is 7.54. The smallest absolute Gasteiger partial charge is 0.311 e. The fourth-order valence-electron chi connectivity index (χ4n) is 1.43. The normalized spacial score (nSPS) is 13.8. The molecule has 5 heteroatoms. The van der Waals surface area contributed by atoms with E-state index in [1.165, 1.54) is 14.2 Å². The van der Waals surface area contributed by atoms with Crippen LogP contribution < -0.4 is 5.32 Å². The first-order valence-electron chi connectivity index (χ1n) is 4.61. The van der Waals surface area contributed by atoms with E-state index >= 15 is 0 Å². The van der Waals surface area contributed by atoms with Crippen LogP contribution in [0.1, 0.15) is 11.3 Å². The summed E-state index contributed by atoms with van der Waals surface area (Å²) < 4.78 is 22.1. The van der Waals surface area contributed by atoms with Crippen LogP contribution in [0, 0.1) is 0 Å². The molecule has 84 valence electrons. The third kappa shape index (κ3) is 2.67. The summed E-state index contributed by atoms with van der Waals surface area (Å²) in [6.07, 6.45) is 0. The van der Waals surface area contributed by atoms with Gasteiger partial charge in [-0.1, -0.05) is 30.3 Å². The van der Waals surface area contributed by atoms with Crippen LogP contribution >= 0.6 is 7.60 Å². The molecule has 0 amide bonds. The van der Waals surface area contributed by atoms with E-state index in [0.717, 1.165) is 5.56 Å². The second-order valence-corrected chi connectivity index (χ2v) is 5.33. The maximum atomic E-state index is 12.2. The quantitative estimate of drug-likeness (QED) is 0.787. The number of hydrogen-bond acceptors (Lipinski definition) is 4. The maximum Gasteiger partial charge on any atom is 0.351 e. The van der Waals surface area contributed by atoms with Crippen molar-refractivity contribution in [3.63, 3.8) is 0 Å². The van der Waals surface area contributed by atoms with Gasteiger partial charge < -0.3 is 14.4 Å². The van der Waals surface area contributed by atoms with Crippen molar-refractivity contribution in [2.45, 2.75) is 5.78 Å². The van der Waals surface area contributed by atoms with Gasteiger partial charge in [-0.3, -0.25) is 4.57 Å². The fourth-order valence-corrected chi connectivity index (χ4v) is 2.85. The second kappa shape index (κ2) is 5.42. The lowest BCUT2D eigenvalue weighted by atomic mass is 10.2. The predicted octanol–water partition coefficient (Wildman–Crippen LogP) is 2.39. The van der Waals surface area contributed by atoms with Crippen molar-refractivity contribution in [1.29, 1.82) is 0 Å². The molecule has 0 spiro atoms. The Bertz CT molecular complexity index is 334. The zero-order valence-electron chi connectivity index (χ0n) is 9.14. The van der Waals surface area contributed by atoms with Gasteiger partial charge in [0.1, 0.15) is 5.78 Å². The van der Waals surface area contributed by atoms with Gasteiger partial charge >= 0.3 is 7.60 Å². The molecule has 0 aliphatic rings. The summed E-state index contributed by atoms with van der Waals surface area (Å²) in [7, 11) is 1.37. The highest BCUT2D eigenvalue weighted by Crippen LogP contribution is 2.58. The SMILES string of the molecule is CN[C@@H](c1ccccc1)P(=O)(OC)OC. The van der Waals surface area contributed by atoms with Crippen molar-refractivity contribution in [2.75, 3.05) is 21.3 Å². The number of benzene rings is 1. The molecule has 0 heterocycles.